The van der Waals surface area contributed by atoms with Gasteiger partial charge in [0.05, 0.1) is 16.6 Å². The summed E-state index contributed by atoms with van der Waals surface area (Å²) in [6.45, 7) is 0.273. The third-order valence-corrected chi connectivity index (χ3v) is 4.78. The van der Waals surface area contributed by atoms with Crippen LogP contribution in [0, 0.1) is 0 Å². The second-order valence-electron chi connectivity index (χ2n) is 6.54. The Hall–Kier alpha value is -2.08. The van der Waals surface area contributed by atoms with Crippen LogP contribution in [-0.2, 0) is 7.05 Å². The molecule has 0 atom stereocenters. The number of aromatic amines is 1. The molecule has 2 aromatic rings. The van der Waals surface area contributed by atoms with Crippen LogP contribution in [0.5, 0.6) is 0 Å². The van der Waals surface area contributed by atoms with Crippen LogP contribution >= 0.6 is 0 Å². The summed E-state index contributed by atoms with van der Waals surface area (Å²) in [7, 11) is 1.68. The summed E-state index contributed by atoms with van der Waals surface area (Å²) in [5.41, 5.74) is 0.881. The van der Waals surface area contributed by atoms with Crippen LogP contribution in [-0.4, -0.2) is 32.7 Å². The number of rotatable bonds is 3. The number of H-pyrrole nitrogens is 1. The number of imidazole rings is 1. The molecule has 1 aliphatic carbocycles. The molecular weight excluding hydrogens is 294 g/mol. The van der Waals surface area contributed by atoms with Gasteiger partial charge in [0.1, 0.15) is 0 Å². The van der Waals surface area contributed by atoms with Crippen LogP contribution < -0.4 is 11.0 Å². The Bertz CT molecular complexity index is 767. The molecule has 3 N–H and O–H groups in total. The van der Waals surface area contributed by atoms with Crippen LogP contribution in [0.3, 0.4) is 0 Å². The third-order valence-electron chi connectivity index (χ3n) is 4.78. The molecule has 0 bridgehead atoms. The van der Waals surface area contributed by atoms with Gasteiger partial charge in [0.25, 0.3) is 5.91 Å². The zero-order valence-corrected chi connectivity index (χ0v) is 13.4. The van der Waals surface area contributed by atoms with Crippen molar-refractivity contribution in [2.24, 2.45) is 7.05 Å². The SMILES string of the molecule is Cn1c(=O)[nH]c2cc(C(=O)NCC3(O)CCCCCC3)ccc21. The minimum Gasteiger partial charge on any atom is -0.388 e. The van der Waals surface area contributed by atoms with E-state index in [1.54, 1.807) is 25.2 Å². The van der Waals surface area contributed by atoms with Crippen molar-refractivity contribution in [3.63, 3.8) is 0 Å². The average Bonchev–Trinajstić information content (AvgIpc) is 2.70. The van der Waals surface area contributed by atoms with Gasteiger partial charge >= 0.3 is 5.69 Å². The highest BCUT2D eigenvalue weighted by Crippen LogP contribution is 2.26. The minimum atomic E-state index is -0.794. The number of hydrogen-bond donors (Lipinski definition) is 3. The number of carbonyl (C=O) groups is 1. The van der Waals surface area contributed by atoms with E-state index in [1.807, 2.05) is 0 Å². The van der Waals surface area contributed by atoms with Crippen molar-refractivity contribution in [3.05, 3.63) is 34.2 Å². The first-order chi connectivity index (χ1) is 11.0. The van der Waals surface area contributed by atoms with Gasteiger partial charge in [0.15, 0.2) is 0 Å². The van der Waals surface area contributed by atoms with E-state index in [0.717, 1.165) is 44.0 Å². The van der Waals surface area contributed by atoms with Crippen LogP contribution in [0.4, 0.5) is 0 Å². The van der Waals surface area contributed by atoms with Gasteiger partial charge in [0, 0.05) is 19.2 Å². The summed E-state index contributed by atoms with van der Waals surface area (Å²) in [5, 5.41) is 13.4. The normalized spacial score (nSPS) is 17.8. The van der Waals surface area contributed by atoms with Gasteiger partial charge in [-0.3, -0.25) is 9.36 Å². The lowest BCUT2D eigenvalue weighted by Gasteiger charge is -2.26. The predicted octanol–water partition coefficient (Wildman–Crippen LogP) is 1.68. The van der Waals surface area contributed by atoms with Gasteiger partial charge in [-0.2, -0.15) is 0 Å². The largest absolute Gasteiger partial charge is 0.388 e. The molecule has 0 spiro atoms. The lowest BCUT2D eigenvalue weighted by molar-refractivity contribution is 0.0246. The molecule has 6 nitrogen and oxygen atoms in total. The third kappa shape index (κ3) is 3.32. The Morgan fingerprint density at radius 2 is 2.00 bits per heavy atom. The quantitative estimate of drug-likeness (QED) is 0.753. The maximum atomic E-state index is 12.3. The molecule has 0 unspecified atom stereocenters. The number of fused-ring (bicyclic) bond motifs is 1. The topological polar surface area (TPSA) is 87.1 Å². The van der Waals surface area contributed by atoms with Crippen molar-refractivity contribution in [1.82, 2.24) is 14.9 Å². The Labute approximate surface area is 134 Å². The number of aliphatic hydroxyl groups is 1. The molecule has 23 heavy (non-hydrogen) atoms. The standard InChI is InChI=1S/C17H23N3O3/c1-20-14-7-6-12(10-13(14)19-16(20)22)15(21)18-11-17(23)8-4-2-3-5-9-17/h6-7,10,23H,2-5,8-9,11H2,1H3,(H,18,21)(H,19,22). The number of amides is 1. The first kappa shape index (κ1) is 15.8. The average molecular weight is 317 g/mol. The van der Waals surface area contributed by atoms with E-state index in [2.05, 4.69) is 10.3 Å². The van der Waals surface area contributed by atoms with Gasteiger partial charge in [0.2, 0.25) is 0 Å². The fourth-order valence-corrected chi connectivity index (χ4v) is 3.29. The number of aromatic nitrogens is 2. The van der Waals surface area contributed by atoms with Gasteiger partial charge in [-0.05, 0) is 31.0 Å². The molecule has 1 amide bonds. The molecular formula is C17H23N3O3. The zero-order valence-electron chi connectivity index (χ0n) is 13.4. The molecule has 6 heteroatoms. The van der Waals surface area contributed by atoms with E-state index in [4.69, 9.17) is 0 Å². The Morgan fingerprint density at radius 3 is 2.70 bits per heavy atom. The fraction of sp³-hybridized carbons (Fsp3) is 0.529. The second kappa shape index (κ2) is 6.20. The molecule has 0 aliphatic heterocycles. The van der Waals surface area contributed by atoms with Crippen molar-refractivity contribution in [2.45, 2.75) is 44.1 Å². The summed E-state index contributed by atoms with van der Waals surface area (Å²) in [4.78, 5) is 26.7. The summed E-state index contributed by atoms with van der Waals surface area (Å²) < 4.78 is 1.51. The number of nitrogens with one attached hydrogen (secondary N) is 2. The molecule has 0 saturated heterocycles. The smallest absolute Gasteiger partial charge is 0.326 e. The van der Waals surface area contributed by atoms with Crippen molar-refractivity contribution >= 4 is 16.9 Å². The van der Waals surface area contributed by atoms with E-state index in [0.29, 0.717) is 11.1 Å². The van der Waals surface area contributed by atoms with E-state index in [1.165, 1.54) is 4.57 Å². The molecule has 0 radical (unpaired) electrons. The predicted molar refractivity (Wildman–Crippen MR) is 88.5 cm³/mol. The highest BCUT2D eigenvalue weighted by Gasteiger charge is 2.28. The Balaban J connectivity index is 1.71. The van der Waals surface area contributed by atoms with Gasteiger partial charge in [-0.1, -0.05) is 25.7 Å². The van der Waals surface area contributed by atoms with Crippen molar-refractivity contribution < 1.29 is 9.90 Å². The number of aryl methyl sites for hydroxylation is 1. The summed E-state index contributed by atoms with van der Waals surface area (Å²) in [5.74, 6) is -0.228. The number of hydrogen-bond acceptors (Lipinski definition) is 3. The van der Waals surface area contributed by atoms with Crippen molar-refractivity contribution in [3.8, 4) is 0 Å². The van der Waals surface area contributed by atoms with Crippen LogP contribution in [0.1, 0.15) is 48.9 Å². The second-order valence-corrected chi connectivity index (χ2v) is 6.54. The van der Waals surface area contributed by atoms with E-state index in [-0.39, 0.29) is 18.1 Å². The van der Waals surface area contributed by atoms with Crippen LogP contribution in [0.2, 0.25) is 0 Å². The number of benzene rings is 1. The first-order valence-electron chi connectivity index (χ1n) is 8.18. The van der Waals surface area contributed by atoms with Crippen LogP contribution in [0.25, 0.3) is 11.0 Å². The lowest BCUT2D eigenvalue weighted by atomic mass is 9.94. The summed E-state index contributed by atoms with van der Waals surface area (Å²) in [6.07, 6.45) is 5.77. The molecule has 124 valence electrons. The zero-order chi connectivity index (χ0) is 16.4. The molecule has 1 aromatic carbocycles. The Morgan fingerprint density at radius 1 is 1.30 bits per heavy atom. The lowest BCUT2D eigenvalue weighted by Crippen LogP contribution is -2.42. The highest BCUT2D eigenvalue weighted by atomic mass is 16.3. The molecule has 1 aromatic heterocycles. The van der Waals surface area contributed by atoms with Gasteiger partial charge < -0.3 is 15.4 Å². The number of nitrogens with zero attached hydrogens (tertiary/aromatic N) is 1. The van der Waals surface area contributed by atoms with Crippen molar-refractivity contribution in [1.29, 1.82) is 0 Å². The fourth-order valence-electron chi connectivity index (χ4n) is 3.29. The molecule has 1 heterocycles. The first-order valence-corrected chi connectivity index (χ1v) is 8.18. The van der Waals surface area contributed by atoms with E-state index in [9.17, 15) is 14.7 Å². The Kier molecular flexibility index (Phi) is 4.26. The molecule has 3 rings (SSSR count). The molecule has 1 fully saturated rings. The molecule has 1 saturated carbocycles. The van der Waals surface area contributed by atoms with E-state index >= 15 is 0 Å². The maximum absolute atomic E-state index is 12.3. The number of carbonyl (C=O) groups excluding carboxylic acids is 1. The maximum Gasteiger partial charge on any atom is 0.326 e. The monoisotopic (exact) mass is 317 g/mol. The van der Waals surface area contributed by atoms with Crippen LogP contribution in [0.15, 0.2) is 23.0 Å². The highest BCUT2D eigenvalue weighted by molar-refractivity contribution is 5.97. The van der Waals surface area contributed by atoms with Crippen molar-refractivity contribution in [2.75, 3.05) is 6.54 Å². The molecule has 1 aliphatic rings. The van der Waals surface area contributed by atoms with Gasteiger partial charge in [-0.15, -0.1) is 0 Å². The van der Waals surface area contributed by atoms with E-state index < -0.39 is 5.60 Å². The minimum absolute atomic E-state index is 0.203. The summed E-state index contributed by atoms with van der Waals surface area (Å²) in [6, 6.07) is 5.12. The van der Waals surface area contributed by atoms with Gasteiger partial charge in [-0.25, -0.2) is 4.79 Å². The summed E-state index contributed by atoms with van der Waals surface area (Å²) >= 11 is 0.